The van der Waals surface area contributed by atoms with Crippen LogP contribution in [0.1, 0.15) is 45.1 Å². The minimum atomic E-state index is 0.127. The second-order valence-corrected chi connectivity index (χ2v) is 4.47. The third-order valence-electron chi connectivity index (χ3n) is 2.27. The van der Waals surface area contributed by atoms with Gasteiger partial charge in [-0.2, -0.15) is 5.10 Å². The van der Waals surface area contributed by atoms with Crippen molar-refractivity contribution in [3.63, 3.8) is 0 Å². The molecular weight excluding hydrogens is 162 g/mol. The van der Waals surface area contributed by atoms with Crippen molar-refractivity contribution in [2.45, 2.75) is 39.2 Å². The summed E-state index contributed by atoms with van der Waals surface area (Å²) < 4.78 is 0. The molecule has 0 aliphatic heterocycles. The number of H-pyrrole nitrogens is 1. The van der Waals surface area contributed by atoms with Gasteiger partial charge in [0.15, 0.2) is 0 Å². The summed E-state index contributed by atoms with van der Waals surface area (Å²) in [5.41, 5.74) is 2.39. The van der Waals surface area contributed by atoms with Gasteiger partial charge in [-0.05, 0) is 20.0 Å². The van der Waals surface area contributed by atoms with E-state index < -0.39 is 0 Å². The van der Waals surface area contributed by atoms with Crippen molar-refractivity contribution in [3.05, 3.63) is 17.5 Å². The van der Waals surface area contributed by atoms with Gasteiger partial charge in [-0.25, -0.2) is 0 Å². The largest absolute Gasteiger partial charge is 0.312 e. The molecule has 0 fully saturated rings. The lowest BCUT2D eigenvalue weighted by atomic mass is 9.92. The van der Waals surface area contributed by atoms with Crippen LogP contribution in [0.25, 0.3) is 0 Å². The van der Waals surface area contributed by atoms with Crippen molar-refractivity contribution in [1.82, 2.24) is 15.5 Å². The van der Waals surface area contributed by atoms with E-state index in [1.165, 1.54) is 0 Å². The van der Waals surface area contributed by atoms with Crippen molar-refractivity contribution in [3.8, 4) is 0 Å². The number of aromatic nitrogens is 2. The number of hydrogen-bond donors (Lipinski definition) is 2. The van der Waals surface area contributed by atoms with Gasteiger partial charge in [0.2, 0.25) is 0 Å². The van der Waals surface area contributed by atoms with Crippen LogP contribution in [0.5, 0.6) is 0 Å². The Kier molecular flexibility index (Phi) is 2.76. The first kappa shape index (κ1) is 10.3. The highest BCUT2D eigenvalue weighted by atomic mass is 15.1. The Morgan fingerprint density at radius 3 is 2.46 bits per heavy atom. The molecule has 1 aromatic rings. The molecule has 1 aromatic heterocycles. The second-order valence-electron chi connectivity index (χ2n) is 4.47. The zero-order valence-corrected chi connectivity index (χ0v) is 9.10. The van der Waals surface area contributed by atoms with Gasteiger partial charge in [-0.15, -0.1) is 0 Å². The Morgan fingerprint density at radius 1 is 1.46 bits per heavy atom. The fraction of sp³-hybridized carbons (Fsp3) is 0.700. The van der Waals surface area contributed by atoms with Gasteiger partial charge in [-0.1, -0.05) is 20.8 Å². The van der Waals surface area contributed by atoms with E-state index >= 15 is 0 Å². The Hall–Kier alpha value is -0.830. The van der Waals surface area contributed by atoms with Crippen LogP contribution in [-0.4, -0.2) is 17.2 Å². The molecule has 0 bridgehead atoms. The number of hydrogen-bond acceptors (Lipinski definition) is 2. The Morgan fingerprint density at radius 2 is 2.08 bits per heavy atom. The minimum Gasteiger partial charge on any atom is -0.312 e. The molecule has 2 N–H and O–H groups in total. The van der Waals surface area contributed by atoms with Crippen LogP contribution in [0.3, 0.4) is 0 Å². The van der Waals surface area contributed by atoms with Gasteiger partial charge in [0, 0.05) is 11.5 Å². The highest BCUT2D eigenvalue weighted by Crippen LogP contribution is 2.22. The first-order chi connectivity index (χ1) is 5.95. The topological polar surface area (TPSA) is 40.7 Å². The van der Waals surface area contributed by atoms with Gasteiger partial charge >= 0.3 is 0 Å². The first-order valence-corrected chi connectivity index (χ1v) is 4.68. The Bertz CT molecular complexity index is 270. The average Bonchev–Trinajstić information content (AvgIpc) is 2.50. The molecule has 3 nitrogen and oxygen atoms in total. The van der Waals surface area contributed by atoms with Crippen molar-refractivity contribution in [1.29, 1.82) is 0 Å². The smallest absolute Gasteiger partial charge is 0.0678 e. The van der Waals surface area contributed by atoms with Crippen LogP contribution in [-0.2, 0) is 5.41 Å². The highest BCUT2D eigenvalue weighted by Gasteiger charge is 2.18. The average molecular weight is 181 g/mol. The van der Waals surface area contributed by atoms with Crippen molar-refractivity contribution in [2.75, 3.05) is 7.05 Å². The van der Waals surface area contributed by atoms with E-state index in [9.17, 15) is 0 Å². The molecule has 0 aliphatic rings. The molecule has 0 aliphatic carbocycles. The molecule has 0 amide bonds. The van der Waals surface area contributed by atoms with Gasteiger partial charge in [0.05, 0.1) is 11.4 Å². The lowest BCUT2D eigenvalue weighted by Crippen LogP contribution is -2.13. The van der Waals surface area contributed by atoms with Crippen LogP contribution in [0.15, 0.2) is 6.07 Å². The van der Waals surface area contributed by atoms with E-state index in [1.807, 2.05) is 7.05 Å². The molecule has 0 spiro atoms. The normalized spacial score (nSPS) is 14.5. The molecular formula is C10H19N3. The van der Waals surface area contributed by atoms with E-state index in [0.29, 0.717) is 6.04 Å². The fourth-order valence-electron chi connectivity index (χ4n) is 1.10. The molecule has 0 radical (unpaired) electrons. The van der Waals surface area contributed by atoms with E-state index in [0.717, 1.165) is 11.4 Å². The lowest BCUT2D eigenvalue weighted by Gasteiger charge is -2.13. The molecule has 13 heavy (non-hydrogen) atoms. The zero-order chi connectivity index (χ0) is 10.1. The molecule has 1 unspecified atom stereocenters. The molecule has 1 heterocycles. The van der Waals surface area contributed by atoms with Crippen LogP contribution in [0.4, 0.5) is 0 Å². The summed E-state index contributed by atoms with van der Waals surface area (Å²) in [4.78, 5) is 0. The molecule has 0 aromatic carbocycles. The molecule has 0 saturated heterocycles. The number of rotatable bonds is 2. The quantitative estimate of drug-likeness (QED) is 0.732. The number of nitrogens with zero attached hydrogens (tertiary/aromatic N) is 1. The molecule has 74 valence electrons. The van der Waals surface area contributed by atoms with Crippen molar-refractivity contribution in [2.24, 2.45) is 0 Å². The van der Waals surface area contributed by atoms with Crippen LogP contribution >= 0.6 is 0 Å². The summed E-state index contributed by atoms with van der Waals surface area (Å²) in [6.07, 6.45) is 0. The third-order valence-corrected chi connectivity index (χ3v) is 2.27. The maximum absolute atomic E-state index is 4.29. The summed E-state index contributed by atoms with van der Waals surface area (Å²) in [7, 11) is 1.95. The first-order valence-electron chi connectivity index (χ1n) is 4.68. The van der Waals surface area contributed by atoms with Crippen LogP contribution in [0.2, 0.25) is 0 Å². The summed E-state index contributed by atoms with van der Waals surface area (Å²) in [5.74, 6) is 0. The molecule has 3 heteroatoms. The second kappa shape index (κ2) is 3.50. The molecule has 0 saturated carbocycles. The summed E-state index contributed by atoms with van der Waals surface area (Å²) in [6.45, 7) is 8.60. The van der Waals surface area contributed by atoms with Crippen LogP contribution < -0.4 is 5.32 Å². The SMILES string of the molecule is CNC(C)c1cc(C(C)(C)C)n[nH]1. The van der Waals surface area contributed by atoms with Gasteiger partial charge in [-0.3, -0.25) is 5.10 Å². The fourth-order valence-corrected chi connectivity index (χ4v) is 1.10. The molecule has 1 rings (SSSR count). The van der Waals surface area contributed by atoms with Gasteiger partial charge in [0.1, 0.15) is 0 Å². The zero-order valence-electron chi connectivity index (χ0n) is 9.10. The maximum Gasteiger partial charge on any atom is 0.0678 e. The minimum absolute atomic E-state index is 0.127. The summed E-state index contributed by atoms with van der Waals surface area (Å²) >= 11 is 0. The monoisotopic (exact) mass is 181 g/mol. The number of aromatic amines is 1. The maximum atomic E-state index is 4.29. The van der Waals surface area contributed by atoms with Crippen molar-refractivity contribution >= 4 is 0 Å². The van der Waals surface area contributed by atoms with E-state index in [1.54, 1.807) is 0 Å². The van der Waals surface area contributed by atoms with E-state index in [-0.39, 0.29) is 5.41 Å². The van der Waals surface area contributed by atoms with E-state index in [4.69, 9.17) is 0 Å². The standard InChI is InChI=1S/C10H19N3/c1-7(11-5)8-6-9(13-12-8)10(2,3)4/h6-7,11H,1-5H3,(H,12,13). The summed E-state index contributed by atoms with van der Waals surface area (Å²) in [6, 6.07) is 2.46. The third kappa shape index (κ3) is 2.31. The Balaban J connectivity index is 2.87. The van der Waals surface area contributed by atoms with Gasteiger partial charge in [0.25, 0.3) is 0 Å². The molecule has 1 atom stereocenters. The number of nitrogens with one attached hydrogen (secondary N) is 2. The van der Waals surface area contributed by atoms with Crippen LogP contribution in [0, 0.1) is 0 Å². The lowest BCUT2D eigenvalue weighted by molar-refractivity contribution is 0.566. The highest BCUT2D eigenvalue weighted by molar-refractivity contribution is 5.18. The predicted octanol–water partition coefficient (Wildman–Crippen LogP) is 1.99. The Labute approximate surface area is 79.9 Å². The van der Waals surface area contributed by atoms with Crippen molar-refractivity contribution < 1.29 is 0 Å². The summed E-state index contributed by atoms with van der Waals surface area (Å²) in [5, 5.41) is 10.5. The van der Waals surface area contributed by atoms with Gasteiger partial charge < -0.3 is 5.32 Å². The predicted molar refractivity (Wildman–Crippen MR) is 54.8 cm³/mol. The van der Waals surface area contributed by atoms with E-state index in [2.05, 4.69) is 49.3 Å².